The average molecular weight is 247 g/mol. The van der Waals surface area contributed by atoms with Crippen molar-refractivity contribution in [3.05, 3.63) is 36.5 Å². The van der Waals surface area contributed by atoms with Crippen LogP contribution in [-0.4, -0.2) is 23.6 Å². The lowest BCUT2D eigenvalue weighted by Gasteiger charge is -2.28. The van der Waals surface area contributed by atoms with E-state index in [1.807, 2.05) is 18.3 Å². The third kappa shape index (κ3) is 4.15. The zero-order valence-electron chi connectivity index (χ0n) is 12.0. The summed E-state index contributed by atoms with van der Waals surface area (Å²) in [6.45, 7) is 14.2. The number of pyridine rings is 1. The van der Waals surface area contributed by atoms with Gasteiger partial charge in [-0.05, 0) is 19.9 Å². The van der Waals surface area contributed by atoms with Gasteiger partial charge >= 0.3 is 0 Å². The second-order valence-corrected chi connectivity index (χ2v) is 5.06. The molecule has 0 saturated heterocycles. The minimum absolute atomic E-state index is 0.413. The average Bonchev–Trinajstić information content (AvgIpc) is 2.33. The lowest BCUT2D eigenvalue weighted by molar-refractivity contribution is 0.585. The molecule has 0 spiro atoms. The molecule has 1 rings (SSSR count). The fourth-order valence-corrected chi connectivity index (χ4v) is 1.82. The molecule has 0 amide bonds. The molecule has 1 aromatic heterocycles. The monoisotopic (exact) mass is 247 g/mol. The summed E-state index contributed by atoms with van der Waals surface area (Å²) in [5.74, 6) is 1.06. The van der Waals surface area contributed by atoms with Gasteiger partial charge < -0.3 is 10.2 Å². The number of nitrogens with one attached hydrogen (secondary N) is 1. The molecule has 0 bridgehead atoms. The van der Waals surface area contributed by atoms with E-state index in [9.17, 15) is 0 Å². The topological polar surface area (TPSA) is 28.2 Å². The Kier molecular flexibility index (Phi) is 5.86. The Labute approximate surface area is 111 Å². The number of hydrogen-bond donors (Lipinski definition) is 1. The van der Waals surface area contributed by atoms with Gasteiger partial charge in [-0.2, -0.15) is 0 Å². The number of rotatable bonds is 7. The van der Waals surface area contributed by atoms with Crippen LogP contribution in [-0.2, 0) is 6.54 Å². The standard InChI is InChI=1S/C15H25N3/c1-6-10-18(13(4)5)15-14(8-7-9-16-15)11-17-12(2)3/h6-9,12-13,17H,1,10-11H2,2-5H3. The molecule has 1 heterocycles. The number of anilines is 1. The molecule has 1 N–H and O–H groups in total. The molecule has 18 heavy (non-hydrogen) atoms. The normalized spacial score (nSPS) is 11.0. The van der Waals surface area contributed by atoms with Gasteiger partial charge in [0.2, 0.25) is 0 Å². The summed E-state index contributed by atoms with van der Waals surface area (Å²) in [5, 5.41) is 3.45. The van der Waals surface area contributed by atoms with Crippen molar-refractivity contribution in [1.82, 2.24) is 10.3 Å². The lowest BCUT2D eigenvalue weighted by atomic mass is 10.2. The maximum Gasteiger partial charge on any atom is 0.133 e. The van der Waals surface area contributed by atoms with E-state index < -0.39 is 0 Å². The summed E-state index contributed by atoms with van der Waals surface area (Å²) in [6, 6.07) is 5.02. The van der Waals surface area contributed by atoms with Gasteiger partial charge in [0.25, 0.3) is 0 Å². The highest BCUT2D eigenvalue weighted by molar-refractivity contribution is 5.48. The summed E-state index contributed by atoms with van der Waals surface area (Å²) < 4.78 is 0. The van der Waals surface area contributed by atoms with E-state index in [1.165, 1.54) is 5.56 Å². The zero-order valence-corrected chi connectivity index (χ0v) is 12.0. The summed E-state index contributed by atoms with van der Waals surface area (Å²) in [4.78, 5) is 6.80. The van der Waals surface area contributed by atoms with Crippen molar-refractivity contribution in [1.29, 1.82) is 0 Å². The van der Waals surface area contributed by atoms with Gasteiger partial charge in [-0.1, -0.05) is 26.0 Å². The second kappa shape index (κ2) is 7.17. The van der Waals surface area contributed by atoms with Crippen molar-refractivity contribution in [3.8, 4) is 0 Å². The minimum Gasteiger partial charge on any atom is -0.350 e. The molecular formula is C15H25N3. The quantitative estimate of drug-likeness (QED) is 0.751. The van der Waals surface area contributed by atoms with Crippen molar-refractivity contribution in [3.63, 3.8) is 0 Å². The molecule has 100 valence electrons. The van der Waals surface area contributed by atoms with Crippen molar-refractivity contribution in [2.45, 2.75) is 46.3 Å². The summed E-state index contributed by atoms with van der Waals surface area (Å²) in [7, 11) is 0. The predicted molar refractivity (Wildman–Crippen MR) is 78.9 cm³/mol. The van der Waals surface area contributed by atoms with Crippen molar-refractivity contribution in [2.24, 2.45) is 0 Å². The maximum atomic E-state index is 4.53. The largest absolute Gasteiger partial charge is 0.350 e. The Hall–Kier alpha value is -1.35. The van der Waals surface area contributed by atoms with Gasteiger partial charge in [-0.25, -0.2) is 4.98 Å². The molecule has 0 unspecified atom stereocenters. The Bertz CT molecular complexity index is 372. The van der Waals surface area contributed by atoms with Gasteiger partial charge in [-0.15, -0.1) is 6.58 Å². The predicted octanol–water partition coefficient (Wildman–Crippen LogP) is 2.98. The summed E-state index contributed by atoms with van der Waals surface area (Å²) in [6.07, 6.45) is 3.78. The second-order valence-electron chi connectivity index (χ2n) is 5.06. The molecule has 3 nitrogen and oxygen atoms in total. The van der Waals surface area contributed by atoms with Crippen LogP contribution in [0, 0.1) is 0 Å². The van der Waals surface area contributed by atoms with Gasteiger partial charge in [0.05, 0.1) is 0 Å². The molecule has 0 radical (unpaired) electrons. The fraction of sp³-hybridized carbons (Fsp3) is 0.533. The van der Waals surface area contributed by atoms with Gasteiger partial charge in [0, 0.05) is 36.9 Å². The highest BCUT2D eigenvalue weighted by atomic mass is 15.2. The van der Waals surface area contributed by atoms with Crippen LogP contribution in [0.25, 0.3) is 0 Å². The van der Waals surface area contributed by atoms with Gasteiger partial charge in [0.15, 0.2) is 0 Å². The molecule has 0 aliphatic heterocycles. The lowest BCUT2D eigenvalue weighted by Crippen LogP contribution is -2.33. The van der Waals surface area contributed by atoms with Crippen LogP contribution in [0.2, 0.25) is 0 Å². The number of hydrogen-bond acceptors (Lipinski definition) is 3. The van der Waals surface area contributed by atoms with Crippen LogP contribution in [0.1, 0.15) is 33.3 Å². The molecule has 0 aliphatic carbocycles. The molecule has 0 atom stereocenters. The van der Waals surface area contributed by atoms with Crippen molar-refractivity contribution >= 4 is 5.82 Å². The summed E-state index contributed by atoms with van der Waals surface area (Å²) >= 11 is 0. The van der Waals surface area contributed by atoms with E-state index in [-0.39, 0.29) is 0 Å². The van der Waals surface area contributed by atoms with Crippen LogP contribution >= 0.6 is 0 Å². The van der Waals surface area contributed by atoms with E-state index in [0.29, 0.717) is 12.1 Å². The van der Waals surface area contributed by atoms with E-state index in [1.54, 1.807) is 0 Å². The van der Waals surface area contributed by atoms with Crippen LogP contribution < -0.4 is 10.2 Å². The minimum atomic E-state index is 0.413. The van der Waals surface area contributed by atoms with E-state index in [2.05, 4.69) is 55.5 Å². The third-order valence-corrected chi connectivity index (χ3v) is 2.79. The molecule has 0 aliphatic rings. The zero-order chi connectivity index (χ0) is 13.5. The highest BCUT2D eigenvalue weighted by Crippen LogP contribution is 2.19. The molecule has 0 saturated carbocycles. The Morgan fingerprint density at radius 3 is 2.67 bits per heavy atom. The third-order valence-electron chi connectivity index (χ3n) is 2.79. The van der Waals surface area contributed by atoms with Crippen LogP contribution in [0.4, 0.5) is 5.82 Å². The SMILES string of the molecule is C=CCN(c1ncccc1CNC(C)C)C(C)C. The van der Waals surface area contributed by atoms with Crippen molar-refractivity contribution in [2.75, 3.05) is 11.4 Å². The van der Waals surface area contributed by atoms with Crippen molar-refractivity contribution < 1.29 is 0 Å². The number of nitrogens with zero attached hydrogens (tertiary/aromatic N) is 2. The molecule has 3 heteroatoms. The Balaban J connectivity index is 2.94. The highest BCUT2D eigenvalue weighted by Gasteiger charge is 2.14. The first-order valence-electron chi connectivity index (χ1n) is 6.61. The van der Waals surface area contributed by atoms with E-state index in [4.69, 9.17) is 0 Å². The molecule has 1 aromatic rings. The molecule has 0 fully saturated rings. The Morgan fingerprint density at radius 2 is 2.11 bits per heavy atom. The van der Waals surface area contributed by atoms with Crippen LogP contribution in [0.15, 0.2) is 31.0 Å². The summed E-state index contributed by atoms with van der Waals surface area (Å²) in [5.41, 5.74) is 1.24. The number of aromatic nitrogens is 1. The van der Waals surface area contributed by atoms with E-state index in [0.717, 1.165) is 18.9 Å². The van der Waals surface area contributed by atoms with Crippen LogP contribution in [0.5, 0.6) is 0 Å². The first-order chi connectivity index (χ1) is 8.56. The van der Waals surface area contributed by atoms with E-state index >= 15 is 0 Å². The first-order valence-corrected chi connectivity index (χ1v) is 6.61. The molecule has 0 aromatic carbocycles. The smallest absolute Gasteiger partial charge is 0.133 e. The Morgan fingerprint density at radius 1 is 1.39 bits per heavy atom. The van der Waals surface area contributed by atoms with Crippen LogP contribution in [0.3, 0.4) is 0 Å². The van der Waals surface area contributed by atoms with Gasteiger partial charge in [0.1, 0.15) is 5.82 Å². The van der Waals surface area contributed by atoms with Gasteiger partial charge in [-0.3, -0.25) is 0 Å². The molecular weight excluding hydrogens is 222 g/mol. The fourth-order valence-electron chi connectivity index (χ4n) is 1.82. The maximum absolute atomic E-state index is 4.53. The first kappa shape index (κ1) is 14.7.